The lowest BCUT2D eigenvalue weighted by Crippen LogP contribution is -2.44. The van der Waals surface area contributed by atoms with Crippen LogP contribution in [0.2, 0.25) is 5.15 Å². The third-order valence-electron chi connectivity index (χ3n) is 8.95. The van der Waals surface area contributed by atoms with Crippen LogP contribution in [-0.2, 0) is 29.2 Å². The second-order valence-electron chi connectivity index (χ2n) is 14.2. The molecule has 1 aromatic carbocycles. The molecule has 1 aliphatic carbocycles. The van der Waals surface area contributed by atoms with Crippen LogP contribution in [0.1, 0.15) is 78.1 Å². The summed E-state index contributed by atoms with van der Waals surface area (Å²) in [5.74, 6) is -2.19. The minimum Gasteiger partial charge on any atom is -0.444 e. The Morgan fingerprint density at radius 3 is 2.48 bits per heavy atom. The molecule has 1 saturated carbocycles. The number of nitrogens with zero attached hydrogens (tertiary/aromatic N) is 7. The van der Waals surface area contributed by atoms with Gasteiger partial charge in [0.25, 0.3) is 11.8 Å². The fraction of sp³-hybridized carbons (Fsp3) is 0.444. The molecule has 1 saturated heterocycles. The van der Waals surface area contributed by atoms with E-state index in [1.807, 2.05) is 18.2 Å². The molecule has 11 nitrogen and oxygen atoms in total. The van der Waals surface area contributed by atoms with Crippen molar-refractivity contribution < 1.29 is 27.8 Å². The highest BCUT2D eigenvalue weighted by Gasteiger charge is 2.40. The molecule has 4 aromatic rings. The van der Waals surface area contributed by atoms with Gasteiger partial charge >= 0.3 is 6.09 Å². The van der Waals surface area contributed by atoms with Crippen molar-refractivity contribution in [3.05, 3.63) is 81.7 Å². The summed E-state index contributed by atoms with van der Waals surface area (Å²) in [6, 6.07) is 9.14. The van der Waals surface area contributed by atoms with Gasteiger partial charge in [0.2, 0.25) is 0 Å². The van der Waals surface area contributed by atoms with Crippen molar-refractivity contribution in [2.75, 3.05) is 36.0 Å². The standard InChI is InChI=1S/C36H38ClF2N7O4/c1-21-29(9-10-30(42-21)44-11-12-45(20-36(38,39)19-44)34(48)50-35(2,3)4)46(33(47)24-14-40-32(41-15-24)23-6-7-23)16-22-5-8-25-26-17-49-18-27(26)31(37)43-28(25)13-22/h5,8-10,13-15,23H,6-7,11-12,16-20H2,1-4H3. The zero-order chi connectivity index (χ0) is 35.4. The van der Waals surface area contributed by atoms with E-state index in [9.17, 15) is 9.59 Å². The molecule has 14 heteroatoms. The summed E-state index contributed by atoms with van der Waals surface area (Å²) < 4.78 is 41.3. The highest BCUT2D eigenvalue weighted by Crippen LogP contribution is 2.38. The molecule has 2 fully saturated rings. The molecule has 3 aliphatic rings. The number of alkyl halides is 2. The van der Waals surface area contributed by atoms with Crippen molar-refractivity contribution in [3.8, 4) is 0 Å². The van der Waals surface area contributed by atoms with Gasteiger partial charge in [-0.25, -0.2) is 33.5 Å². The second-order valence-corrected chi connectivity index (χ2v) is 14.5. The quantitative estimate of drug-likeness (QED) is 0.199. The number of pyridine rings is 2. The molecule has 0 radical (unpaired) electrons. The number of carbonyl (C=O) groups is 2. The third-order valence-corrected chi connectivity index (χ3v) is 9.27. The molecule has 0 spiro atoms. The van der Waals surface area contributed by atoms with Crippen molar-refractivity contribution in [1.29, 1.82) is 0 Å². The largest absolute Gasteiger partial charge is 0.444 e. The first kappa shape index (κ1) is 34.0. The lowest BCUT2D eigenvalue weighted by atomic mass is 10.0. The van der Waals surface area contributed by atoms with Crippen LogP contribution in [0.15, 0.2) is 42.7 Å². The van der Waals surface area contributed by atoms with Crippen LogP contribution in [0.3, 0.4) is 0 Å². The number of hydrogen-bond acceptors (Lipinski definition) is 9. The first-order valence-corrected chi connectivity index (χ1v) is 17.0. The predicted octanol–water partition coefficient (Wildman–Crippen LogP) is 6.83. The number of aryl methyl sites for hydroxylation is 1. The van der Waals surface area contributed by atoms with Gasteiger partial charge in [-0.1, -0.05) is 23.7 Å². The molecular weight excluding hydrogens is 668 g/mol. The van der Waals surface area contributed by atoms with E-state index in [0.717, 1.165) is 45.6 Å². The highest BCUT2D eigenvalue weighted by molar-refractivity contribution is 6.30. The van der Waals surface area contributed by atoms with Gasteiger partial charge in [0.15, 0.2) is 0 Å². The fourth-order valence-corrected chi connectivity index (χ4v) is 6.60. The zero-order valence-electron chi connectivity index (χ0n) is 28.4. The maximum atomic E-state index is 15.2. The molecule has 7 rings (SSSR count). The topological polar surface area (TPSA) is 114 Å². The van der Waals surface area contributed by atoms with Gasteiger partial charge in [0, 0.05) is 42.4 Å². The average molecular weight is 706 g/mol. The van der Waals surface area contributed by atoms with Crippen LogP contribution in [0.4, 0.5) is 25.1 Å². The minimum atomic E-state index is -3.21. The summed E-state index contributed by atoms with van der Waals surface area (Å²) in [4.78, 5) is 49.2. The van der Waals surface area contributed by atoms with Gasteiger partial charge in [-0.15, -0.1) is 0 Å². The number of halogens is 3. The Kier molecular flexibility index (Phi) is 8.83. The molecule has 0 atom stereocenters. The van der Waals surface area contributed by atoms with Gasteiger partial charge in [-0.2, -0.15) is 0 Å². The molecule has 0 bridgehead atoms. The summed E-state index contributed by atoms with van der Waals surface area (Å²) in [6.45, 7) is 6.60. The number of amides is 2. The molecule has 3 aromatic heterocycles. The van der Waals surface area contributed by atoms with Gasteiger partial charge < -0.3 is 24.2 Å². The Bertz CT molecular complexity index is 1970. The smallest absolute Gasteiger partial charge is 0.410 e. The number of rotatable bonds is 6. The lowest BCUT2D eigenvalue weighted by molar-refractivity contribution is -0.0285. The van der Waals surface area contributed by atoms with E-state index >= 15 is 8.78 Å². The lowest BCUT2D eigenvalue weighted by Gasteiger charge is -2.28. The van der Waals surface area contributed by atoms with Gasteiger partial charge in [0.05, 0.1) is 55.3 Å². The number of benzene rings is 1. The molecule has 0 unspecified atom stereocenters. The molecule has 2 aliphatic heterocycles. The van der Waals surface area contributed by atoms with Crippen molar-refractivity contribution in [2.24, 2.45) is 0 Å². The van der Waals surface area contributed by atoms with Crippen LogP contribution in [0, 0.1) is 6.92 Å². The number of carbonyl (C=O) groups excluding carboxylic acids is 2. The summed E-state index contributed by atoms with van der Waals surface area (Å²) in [7, 11) is 0. The summed E-state index contributed by atoms with van der Waals surface area (Å²) >= 11 is 6.49. The van der Waals surface area contributed by atoms with E-state index in [0.29, 0.717) is 52.6 Å². The number of aromatic nitrogens is 4. The van der Waals surface area contributed by atoms with Gasteiger partial charge in [0.1, 0.15) is 22.4 Å². The van der Waals surface area contributed by atoms with E-state index in [2.05, 4.69) is 15.0 Å². The van der Waals surface area contributed by atoms with Crippen LogP contribution in [0.25, 0.3) is 10.9 Å². The first-order chi connectivity index (χ1) is 23.7. The third kappa shape index (κ3) is 7.20. The summed E-state index contributed by atoms with van der Waals surface area (Å²) in [5, 5.41) is 1.33. The van der Waals surface area contributed by atoms with Crippen molar-refractivity contribution in [1.82, 2.24) is 24.8 Å². The average Bonchev–Trinajstić information content (AvgIpc) is 3.82. The number of fused-ring (bicyclic) bond motifs is 3. The Morgan fingerprint density at radius 1 is 1.04 bits per heavy atom. The fourth-order valence-electron chi connectivity index (χ4n) is 6.34. The molecule has 0 N–H and O–H groups in total. The Morgan fingerprint density at radius 2 is 1.78 bits per heavy atom. The Labute approximate surface area is 293 Å². The maximum Gasteiger partial charge on any atom is 0.410 e. The Balaban J connectivity index is 1.19. The second kappa shape index (κ2) is 13.0. The Hall–Kier alpha value is -4.49. The zero-order valence-corrected chi connectivity index (χ0v) is 29.1. The van der Waals surface area contributed by atoms with E-state index in [1.165, 1.54) is 4.90 Å². The van der Waals surface area contributed by atoms with Crippen molar-refractivity contribution in [2.45, 2.75) is 77.7 Å². The van der Waals surface area contributed by atoms with Gasteiger partial charge in [-0.3, -0.25) is 4.79 Å². The van der Waals surface area contributed by atoms with Crippen LogP contribution < -0.4 is 9.80 Å². The minimum absolute atomic E-state index is 0.0315. The monoisotopic (exact) mass is 705 g/mol. The van der Waals surface area contributed by atoms with Crippen molar-refractivity contribution in [3.63, 3.8) is 0 Å². The van der Waals surface area contributed by atoms with Crippen LogP contribution in [0.5, 0.6) is 0 Å². The molecule has 2 amide bonds. The normalized spacial score (nSPS) is 17.4. The summed E-state index contributed by atoms with van der Waals surface area (Å²) in [6.07, 6.45) is 4.38. The van der Waals surface area contributed by atoms with Crippen molar-refractivity contribution >= 4 is 46.0 Å². The van der Waals surface area contributed by atoms with Crippen LogP contribution >= 0.6 is 11.6 Å². The predicted molar refractivity (Wildman–Crippen MR) is 184 cm³/mol. The van der Waals surface area contributed by atoms with Gasteiger partial charge in [-0.05, 0) is 69.9 Å². The molecule has 50 heavy (non-hydrogen) atoms. The number of ether oxygens (including phenoxy) is 2. The van der Waals surface area contributed by atoms with E-state index in [-0.39, 0.29) is 25.5 Å². The summed E-state index contributed by atoms with van der Waals surface area (Å²) in [5.41, 5.74) is 3.83. The van der Waals surface area contributed by atoms with E-state index in [1.54, 1.807) is 57.1 Å². The number of hydrogen-bond donors (Lipinski definition) is 0. The molecule has 5 heterocycles. The number of anilines is 2. The SMILES string of the molecule is Cc1nc(N2CCN(C(=O)OC(C)(C)C)CC(F)(F)C2)ccc1N(Cc1ccc2c3c(c(Cl)nc2c1)COC3)C(=O)c1cnc(C2CC2)nc1. The highest BCUT2D eigenvalue weighted by atomic mass is 35.5. The first-order valence-electron chi connectivity index (χ1n) is 16.6. The van der Waals surface area contributed by atoms with E-state index in [4.69, 9.17) is 26.1 Å². The molecular formula is C36H38ClF2N7O4. The van der Waals surface area contributed by atoms with Crippen LogP contribution in [-0.4, -0.2) is 74.5 Å². The maximum absolute atomic E-state index is 15.2. The van der Waals surface area contributed by atoms with E-state index < -0.39 is 30.7 Å². The molecule has 262 valence electrons.